The molecule has 3 aromatic carbocycles. The molecule has 3 rings (SSSR count). The molecule has 0 radical (unpaired) electrons. The van der Waals surface area contributed by atoms with Gasteiger partial charge in [-0.05, 0) is 60.9 Å². The van der Waals surface area contributed by atoms with Crippen LogP contribution in [0.1, 0.15) is 22.7 Å². The molecule has 2 N–H and O–H groups in total. The number of alkyl halides is 2. The third-order valence-electron chi connectivity index (χ3n) is 4.44. The van der Waals surface area contributed by atoms with Gasteiger partial charge in [-0.25, -0.2) is 0 Å². The Morgan fingerprint density at radius 1 is 0.931 bits per heavy atom. The van der Waals surface area contributed by atoms with Gasteiger partial charge in [0.25, 0.3) is 11.7 Å². The van der Waals surface area contributed by atoms with Gasteiger partial charge in [-0.2, -0.15) is 8.78 Å². The van der Waals surface area contributed by atoms with E-state index in [0.29, 0.717) is 22.3 Å². The van der Waals surface area contributed by atoms with Crippen LogP contribution in [-0.4, -0.2) is 11.7 Å². The Labute approximate surface area is 173 Å². The van der Waals surface area contributed by atoms with Crippen LogP contribution in [-0.2, 0) is 4.79 Å². The second-order valence-corrected chi connectivity index (χ2v) is 7.76. The highest BCUT2D eigenvalue weighted by Gasteiger charge is 2.21. The van der Waals surface area contributed by atoms with Crippen molar-refractivity contribution >= 4 is 29.0 Å². The van der Waals surface area contributed by atoms with E-state index in [1.54, 1.807) is 24.3 Å². The highest BCUT2D eigenvalue weighted by molar-refractivity contribution is 7.99. The summed E-state index contributed by atoms with van der Waals surface area (Å²) < 4.78 is 25.0. The van der Waals surface area contributed by atoms with Gasteiger partial charge in [0.15, 0.2) is 0 Å². The van der Waals surface area contributed by atoms with Crippen molar-refractivity contribution in [2.75, 3.05) is 10.6 Å². The van der Waals surface area contributed by atoms with Crippen LogP contribution in [0.3, 0.4) is 0 Å². The van der Waals surface area contributed by atoms with Crippen LogP contribution in [0, 0.1) is 13.8 Å². The van der Waals surface area contributed by atoms with Crippen LogP contribution in [0.2, 0.25) is 0 Å². The predicted octanol–water partition coefficient (Wildman–Crippen LogP) is 6.41. The number of nitrogens with one attached hydrogen (secondary N) is 2. The van der Waals surface area contributed by atoms with Crippen LogP contribution >= 0.6 is 11.8 Å². The molecular weight excluding hydrogens is 390 g/mol. The van der Waals surface area contributed by atoms with Crippen molar-refractivity contribution in [2.24, 2.45) is 0 Å². The average molecular weight is 413 g/mol. The van der Waals surface area contributed by atoms with E-state index in [2.05, 4.69) is 10.6 Å². The number of carbonyl (C=O) groups excluding carboxylic acids is 1. The molecule has 0 bridgehead atoms. The van der Waals surface area contributed by atoms with Crippen molar-refractivity contribution < 1.29 is 13.6 Å². The molecule has 1 amide bonds. The van der Waals surface area contributed by atoms with Crippen molar-refractivity contribution in [3.63, 3.8) is 0 Å². The average Bonchev–Trinajstić information content (AvgIpc) is 2.70. The molecule has 29 heavy (non-hydrogen) atoms. The first kappa shape index (κ1) is 20.9. The topological polar surface area (TPSA) is 41.1 Å². The van der Waals surface area contributed by atoms with Gasteiger partial charge in [-0.3, -0.25) is 4.79 Å². The van der Waals surface area contributed by atoms with Crippen LogP contribution in [0.4, 0.5) is 20.2 Å². The summed E-state index contributed by atoms with van der Waals surface area (Å²) in [5, 5.41) is 6.22. The van der Waals surface area contributed by atoms with Crippen LogP contribution in [0.25, 0.3) is 0 Å². The molecule has 3 aromatic rings. The molecule has 0 aromatic heterocycles. The zero-order valence-electron chi connectivity index (χ0n) is 16.2. The van der Waals surface area contributed by atoms with E-state index in [4.69, 9.17) is 0 Å². The molecule has 0 heterocycles. The van der Waals surface area contributed by atoms with Gasteiger partial charge in [-0.1, -0.05) is 54.2 Å². The smallest absolute Gasteiger partial charge is 0.288 e. The number of halogens is 2. The SMILES string of the molecule is Cc1ccc(C)c(NC(=O)[C@@H](Nc2ccc(SC(F)F)cc2)c2ccccc2)c1. The zero-order chi connectivity index (χ0) is 20.8. The molecule has 0 aliphatic heterocycles. The standard InChI is InChI=1S/C23H22F2N2OS/c1-15-8-9-16(2)20(14-15)27-22(28)21(17-6-4-3-5-7-17)26-18-10-12-19(13-11-18)29-23(24)25/h3-14,21,23,26H,1-2H3,(H,27,28)/t21-/m0/s1. The van der Waals surface area contributed by atoms with Gasteiger partial charge in [-0.15, -0.1) is 0 Å². The van der Waals surface area contributed by atoms with Crippen LogP contribution < -0.4 is 10.6 Å². The summed E-state index contributed by atoms with van der Waals surface area (Å²) in [6, 6.07) is 21.3. The monoisotopic (exact) mass is 412 g/mol. The van der Waals surface area contributed by atoms with Gasteiger partial charge in [0.1, 0.15) is 6.04 Å². The maximum Gasteiger partial charge on any atom is 0.288 e. The number of benzene rings is 3. The lowest BCUT2D eigenvalue weighted by molar-refractivity contribution is -0.117. The number of anilines is 2. The Kier molecular flexibility index (Phi) is 6.88. The maximum atomic E-state index is 13.1. The van der Waals surface area contributed by atoms with E-state index in [1.807, 2.05) is 62.4 Å². The summed E-state index contributed by atoms with van der Waals surface area (Å²) in [5.41, 5.74) is 4.28. The fourth-order valence-electron chi connectivity index (χ4n) is 2.92. The molecule has 0 aliphatic carbocycles. The van der Waals surface area contributed by atoms with Gasteiger partial charge >= 0.3 is 0 Å². The number of carbonyl (C=O) groups is 1. The first-order chi connectivity index (χ1) is 13.9. The molecule has 0 fully saturated rings. The van der Waals surface area contributed by atoms with Crippen molar-refractivity contribution in [1.82, 2.24) is 0 Å². The van der Waals surface area contributed by atoms with Gasteiger partial charge < -0.3 is 10.6 Å². The number of aryl methyl sites for hydroxylation is 2. The minimum Gasteiger partial charge on any atom is -0.370 e. The molecule has 0 spiro atoms. The lowest BCUT2D eigenvalue weighted by atomic mass is 10.0. The summed E-state index contributed by atoms with van der Waals surface area (Å²) in [4.78, 5) is 13.6. The number of hydrogen-bond donors (Lipinski definition) is 2. The Balaban J connectivity index is 1.83. The van der Waals surface area contributed by atoms with Crippen molar-refractivity contribution in [3.8, 4) is 0 Å². The van der Waals surface area contributed by atoms with Gasteiger partial charge in [0.05, 0.1) is 0 Å². The Hall–Kier alpha value is -2.86. The summed E-state index contributed by atoms with van der Waals surface area (Å²) in [7, 11) is 0. The van der Waals surface area contributed by atoms with E-state index in [0.717, 1.165) is 22.4 Å². The quantitative estimate of drug-likeness (QED) is 0.441. The molecule has 150 valence electrons. The van der Waals surface area contributed by atoms with E-state index >= 15 is 0 Å². The van der Waals surface area contributed by atoms with E-state index in [1.165, 1.54) is 0 Å². The first-order valence-corrected chi connectivity index (χ1v) is 10.0. The fourth-order valence-corrected chi connectivity index (χ4v) is 3.42. The van der Waals surface area contributed by atoms with E-state index < -0.39 is 11.8 Å². The first-order valence-electron chi connectivity index (χ1n) is 9.17. The molecule has 0 saturated carbocycles. The van der Waals surface area contributed by atoms with E-state index in [-0.39, 0.29) is 5.91 Å². The lowest BCUT2D eigenvalue weighted by Gasteiger charge is -2.21. The predicted molar refractivity (Wildman–Crippen MR) is 116 cm³/mol. The molecule has 0 saturated heterocycles. The number of hydrogen-bond acceptors (Lipinski definition) is 3. The Bertz CT molecular complexity index is 962. The number of thioether (sulfide) groups is 1. The van der Waals surface area contributed by atoms with E-state index in [9.17, 15) is 13.6 Å². The third kappa shape index (κ3) is 5.81. The third-order valence-corrected chi connectivity index (χ3v) is 5.16. The number of amides is 1. The molecular formula is C23H22F2N2OS. The van der Waals surface area contributed by atoms with Crippen LogP contribution in [0.5, 0.6) is 0 Å². The van der Waals surface area contributed by atoms with Crippen molar-refractivity contribution in [3.05, 3.63) is 89.5 Å². The molecule has 0 aliphatic rings. The Morgan fingerprint density at radius 3 is 2.28 bits per heavy atom. The molecule has 6 heteroatoms. The lowest BCUT2D eigenvalue weighted by Crippen LogP contribution is -2.27. The van der Waals surface area contributed by atoms with Crippen LogP contribution in [0.15, 0.2) is 77.7 Å². The minimum atomic E-state index is -2.46. The minimum absolute atomic E-state index is 0.198. The summed E-state index contributed by atoms with van der Waals surface area (Å²) in [6.07, 6.45) is 0. The second kappa shape index (κ2) is 9.56. The number of rotatable bonds is 7. The maximum absolute atomic E-state index is 13.1. The Morgan fingerprint density at radius 2 is 1.62 bits per heavy atom. The van der Waals surface area contributed by atoms with Gasteiger partial charge in [0, 0.05) is 16.3 Å². The molecule has 3 nitrogen and oxygen atoms in total. The van der Waals surface area contributed by atoms with Gasteiger partial charge in [0.2, 0.25) is 0 Å². The second-order valence-electron chi connectivity index (χ2n) is 6.70. The highest BCUT2D eigenvalue weighted by atomic mass is 32.2. The summed E-state index contributed by atoms with van der Waals surface area (Å²) in [6.45, 7) is 3.92. The fraction of sp³-hybridized carbons (Fsp3) is 0.174. The zero-order valence-corrected chi connectivity index (χ0v) is 17.0. The summed E-state index contributed by atoms with van der Waals surface area (Å²) >= 11 is 0.493. The molecule has 1 atom stereocenters. The summed E-state index contributed by atoms with van der Waals surface area (Å²) in [5.74, 6) is -2.66. The largest absolute Gasteiger partial charge is 0.370 e. The van der Waals surface area contributed by atoms with Crippen molar-refractivity contribution in [1.29, 1.82) is 0 Å². The normalized spacial score (nSPS) is 11.9. The highest BCUT2D eigenvalue weighted by Crippen LogP contribution is 2.28. The van der Waals surface area contributed by atoms with Crippen molar-refractivity contribution in [2.45, 2.75) is 30.5 Å². The molecule has 0 unspecified atom stereocenters.